The lowest BCUT2D eigenvalue weighted by Gasteiger charge is -2.14. The third-order valence-electron chi connectivity index (χ3n) is 3.58. The molecule has 0 unspecified atom stereocenters. The first-order chi connectivity index (χ1) is 9.36. The van der Waals surface area contributed by atoms with Crippen LogP contribution in [0.4, 0.5) is 13.2 Å². The van der Waals surface area contributed by atoms with Gasteiger partial charge in [0, 0.05) is 12.7 Å². The van der Waals surface area contributed by atoms with Crippen LogP contribution in [-0.2, 0) is 6.18 Å². The smallest absolute Gasteiger partial charge is 0.350 e. The summed E-state index contributed by atoms with van der Waals surface area (Å²) in [6.45, 7) is 1.06. The SMILES string of the molecule is NCCC1(CNC(=O)c2ccc(C(F)(F)F)cn2)CC1. The molecule has 1 aliphatic rings. The molecule has 1 aliphatic carbocycles. The summed E-state index contributed by atoms with van der Waals surface area (Å²) >= 11 is 0. The highest BCUT2D eigenvalue weighted by Gasteiger charge is 2.41. The molecule has 1 aromatic rings. The summed E-state index contributed by atoms with van der Waals surface area (Å²) in [7, 11) is 0. The van der Waals surface area contributed by atoms with Crippen LogP contribution in [-0.4, -0.2) is 24.0 Å². The van der Waals surface area contributed by atoms with Crippen molar-refractivity contribution in [1.29, 1.82) is 0 Å². The highest BCUT2D eigenvalue weighted by Crippen LogP contribution is 2.47. The molecular formula is C13H16F3N3O. The minimum Gasteiger partial charge on any atom is -0.350 e. The molecule has 1 aromatic heterocycles. The van der Waals surface area contributed by atoms with Gasteiger partial charge in [0.1, 0.15) is 5.69 Å². The molecule has 4 nitrogen and oxygen atoms in total. The van der Waals surface area contributed by atoms with Gasteiger partial charge in [-0.1, -0.05) is 0 Å². The zero-order chi connectivity index (χ0) is 14.8. The molecule has 0 saturated heterocycles. The van der Waals surface area contributed by atoms with E-state index in [2.05, 4.69) is 10.3 Å². The molecule has 2 rings (SSSR count). The van der Waals surface area contributed by atoms with Gasteiger partial charge in [0.15, 0.2) is 0 Å². The number of alkyl halides is 3. The normalized spacial score (nSPS) is 16.8. The van der Waals surface area contributed by atoms with Crippen molar-refractivity contribution in [2.45, 2.75) is 25.4 Å². The van der Waals surface area contributed by atoms with Crippen LogP contribution in [0.5, 0.6) is 0 Å². The van der Waals surface area contributed by atoms with E-state index < -0.39 is 17.6 Å². The predicted molar refractivity (Wildman–Crippen MR) is 66.9 cm³/mol. The third kappa shape index (κ3) is 3.47. The maximum Gasteiger partial charge on any atom is 0.417 e. The zero-order valence-electron chi connectivity index (χ0n) is 10.8. The van der Waals surface area contributed by atoms with Crippen molar-refractivity contribution in [2.75, 3.05) is 13.1 Å². The molecule has 1 fully saturated rings. The Labute approximate surface area is 114 Å². The van der Waals surface area contributed by atoms with Crippen LogP contribution >= 0.6 is 0 Å². The lowest BCUT2D eigenvalue weighted by Crippen LogP contribution is -2.31. The van der Waals surface area contributed by atoms with Gasteiger partial charge in [-0.2, -0.15) is 13.2 Å². The number of amides is 1. The number of aromatic nitrogens is 1. The average Bonchev–Trinajstić information content (AvgIpc) is 3.16. The van der Waals surface area contributed by atoms with Crippen LogP contribution in [0, 0.1) is 5.41 Å². The maximum absolute atomic E-state index is 12.4. The van der Waals surface area contributed by atoms with E-state index in [1.54, 1.807) is 0 Å². The van der Waals surface area contributed by atoms with E-state index >= 15 is 0 Å². The van der Waals surface area contributed by atoms with Crippen LogP contribution in [0.1, 0.15) is 35.3 Å². The number of hydrogen-bond donors (Lipinski definition) is 2. The highest BCUT2D eigenvalue weighted by atomic mass is 19.4. The number of halogens is 3. The highest BCUT2D eigenvalue weighted by molar-refractivity contribution is 5.92. The first kappa shape index (κ1) is 14.8. The molecular weight excluding hydrogens is 271 g/mol. The van der Waals surface area contributed by atoms with E-state index in [1.807, 2.05) is 0 Å². The Balaban J connectivity index is 1.93. The van der Waals surface area contributed by atoms with E-state index in [0.29, 0.717) is 19.3 Å². The molecule has 110 valence electrons. The van der Waals surface area contributed by atoms with E-state index in [0.717, 1.165) is 31.4 Å². The lowest BCUT2D eigenvalue weighted by atomic mass is 10.0. The van der Waals surface area contributed by atoms with Gasteiger partial charge < -0.3 is 11.1 Å². The van der Waals surface area contributed by atoms with Crippen molar-refractivity contribution < 1.29 is 18.0 Å². The van der Waals surface area contributed by atoms with Gasteiger partial charge in [0.2, 0.25) is 0 Å². The maximum atomic E-state index is 12.4. The summed E-state index contributed by atoms with van der Waals surface area (Å²) in [5.74, 6) is -0.456. The van der Waals surface area contributed by atoms with Gasteiger partial charge in [-0.25, -0.2) is 0 Å². The van der Waals surface area contributed by atoms with Crippen molar-refractivity contribution in [1.82, 2.24) is 10.3 Å². The number of nitrogens with zero attached hydrogens (tertiary/aromatic N) is 1. The average molecular weight is 287 g/mol. The number of hydrogen-bond acceptors (Lipinski definition) is 3. The molecule has 3 N–H and O–H groups in total. The Morgan fingerprint density at radius 1 is 1.40 bits per heavy atom. The van der Waals surface area contributed by atoms with Gasteiger partial charge in [-0.15, -0.1) is 0 Å². The number of rotatable bonds is 5. The second-order valence-electron chi connectivity index (χ2n) is 5.15. The molecule has 0 atom stereocenters. The van der Waals surface area contributed by atoms with Gasteiger partial charge in [0.05, 0.1) is 5.56 Å². The lowest BCUT2D eigenvalue weighted by molar-refractivity contribution is -0.137. The summed E-state index contributed by atoms with van der Waals surface area (Å²) in [6, 6.07) is 1.94. The summed E-state index contributed by atoms with van der Waals surface area (Å²) in [6.07, 6.45) is -0.896. The third-order valence-corrected chi connectivity index (χ3v) is 3.58. The van der Waals surface area contributed by atoms with E-state index in [9.17, 15) is 18.0 Å². The van der Waals surface area contributed by atoms with Gasteiger partial charge in [0.25, 0.3) is 5.91 Å². The summed E-state index contributed by atoms with van der Waals surface area (Å²) in [4.78, 5) is 15.4. The molecule has 0 aromatic carbocycles. The Hall–Kier alpha value is -1.63. The minimum atomic E-state index is -4.44. The minimum absolute atomic E-state index is 0.0125. The van der Waals surface area contributed by atoms with E-state index in [-0.39, 0.29) is 11.1 Å². The topological polar surface area (TPSA) is 68.0 Å². The molecule has 1 amide bonds. The monoisotopic (exact) mass is 287 g/mol. The van der Waals surface area contributed by atoms with Gasteiger partial charge in [-0.05, 0) is 43.4 Å². The number of carbonyl (C=O) groups is 1. The molecule has 1 saturated carbocycles. The Bertz CT molecular complexity index is 481. The number of pyridine rings is 1. The fourth-order valence-corrected chi connectivity index (χ4v) is 2.05. The van der Waals surface area contributed by atoms with Crippen molar-refractivity contribution >= 4 is 5.91 Å². The van der Waals surface area contributed by atoms with Crippen molar-refractivity contribution in [3.63, 3.8) is 0 Å². The molecule has 7 heteroatoms. The van der Waals surface area contributed by atoms with Gasteiger partial charge >= 0.3 is 6.18 Å². The van der Waals surface area contributed by atoms with Crippen LogP contribution < -0.4 is 11.1 Å². The van der Waals surface area contributed by atoms with Crippen molar-refractivity contribution in [3.8, 4) is 0 Å². The molecule has 20 heavy (non-hydrogen) atoms. The number of carbonyl (C=O) groups excluding carboxylic acids is 1. The Kier molecular flexibility index (Phi) is 3.99. The Morgan fingerprint density at radius 3 is 2.55 bits per heavy atom. The molecule has 1 heterocycles. The molecule has 0 bridgehead atoms. The predicted octanol–water partition coefficient (Wildman–Crippen LogP) is 1.96. The zero-order valence-corrected chi connectivity index (χ0v) is 10.8. The fraction of sp³-hybridized carbons (Fsp3) is 0.538. The first-order valence-electron chi connectivity index (χ1n) is 6.38. The van der Waals surface area contributed by atoms with Crippen LogP contribution in [0.3, 0.4) is 0 Å². The van der Waals surface area contributed by atoms with Crippen LogP contribution in [0.2, 0.25) is 0 Å². The first-order valence-corrected chi connectivity index (χ1v) is 6.38. The second kappa shape index (κ2) is 5.40. The fourth-order valence-electron chi connectivity index (χ4n) is 2.05. The summed E-state index contributed by atoms with van der Waals surface area (Å²) in [5, 5.41) is 2.71. The van der Waals surface area contributed by atoms with Crippen molar-refractivity contribution in [3.05, 3.63) is 29.6 Å². The van der Waals surface area contributed by atoms with Crippen LogP contribution in [0.25, 0.3) is 0 Å². The number of nitrogens with two attached hydrogens (primary N) is 1. The molecule has 0 radical (unpaired) electrons. The van der Waals surface area contributed by atoms with E-state index in [1.165, 1.54) is 0 Å². The van der Waals surface area contributed by atoms with E-state index in [4.69, 9.17) is 5.73 Å². The Morgan fingerprint density at radius 2 is 2.10 bits per heavy atom. The quantitative estimate of drug-likeness (QED) is 0.870. The summed E-state index contributed by atoms with van der Waals surface area (Å²) in [5.41, 5.74) is 4.70. The largest absolute Gasteiger partial charge is 0.417 e. The second-order valence-corrected chi connectivity index (χ2v) is 5.15. The van der Waals surface area contributed by atoms with Crippen molar-refractivity contribution in [2.24, 2.45) is 11.1 Å². The number of nitrogens with one attached hydrogen (secondary N) is 1. The van der Waals surface area contributed by atoms with Gasteiger partial charge in [-0.3, -0.25) is 9.78 Å². The molecule has 0 aliphatic heterocycles. The summed E-state index contributed by atoms with van der Waals surface area (Å²) < 4.78 is 37.1. The van der Waals surface area contributed by atoms with Crippen LogP contribution in [0.15, 0.2) is 18.3 Å². The standard InChI is InChI=1S/C13H16F3N3O/c14-13(15,16)9-1-2-10(18-7-9)11(20)19-8-12(3-4-12)5-6-17/h1-2,7H,3-6,8,17H2,(H,19,20). The molecule has 0 spiro atoms.